The summed E-state index contributed by atoms with van der Waals surface area (Å²) >= 11 is 0. The van der Waals surface area contributed by atoms with E-state index in [4.69, 9.17) is 5.73 Å². The Morgan fingerprint density at radius 1 is 1.69 bits per heavy atom. The van der Waals surface area contributed by atoms with Crippen LogP contribution >= 0.6 is 0 Å². The molecular formula is C8H14N4O. The van der Waals surface area contributed by atoms with E-state index in [1.165, 1.54) is 6.33 Å². The molecule has 1 rings (SSSR count). The third-order valence-corrected chi connectivity index (χ3v) is 1.79. The average molecular weight is 182 g/mol. The van der Waals surface area contributed by atoms with Gasteiger partial charge >= 0.3 is 0 Å². The lowest BCUT2D eigenvalue weighted by molar-refractivity contribution is 0.834. The van der Waals surface area contributed by atoms with Gasteiger partial charge < -0.3 is 15.6 Å². The van der Waals surface area contributed by atoms with Crippen molar-refractivity contribution in [2.45, 2.75) is 13.3 Å². The highest BCUT2D eigenvalue weighted by Crippen LogP contribution is 2.12. The Kier molecular flexibility index (Phi) is 2.89. The number of nitrogen functional groups attached to an aromatic ring is 1. The van der Waals surface area contributed by atoms with Crippen LogP contribution in [0.15, 0.2) is 11.1 Å². The van der Waals surface area contributed by atoms with Crippen LogP contribution < -0.4 is 16.2 Å². The highest BCUT2D eigenvalue weighted by Gasteiger charge is 2.07. The Morgan fingerprint density at radius 2 is 2.38 bits per heavy atom. The molecule has 0 aliphatic carbocycles. The lowest BCUT2D eigenvalue weighted by atomic mass is 10.4. The SMILES string of the molecule is CCCN(C)c1nc[nH]c(=O)c1N. The fraction of sp³-hybridized carbons (Fsp3) is 0.500. The first-order chi connectivity index (χ1) is 6.16. The van der Waals surface area contributed by atoms with Gasteiger partial charge in [-0.05, 0) is 6.42 Å². The molecule has 0 amide bonds. The van der Waals surface area contributed by atoms with Crippen LogP contribution in [0.5, 0.6) is 0 Å². The average Bonchev–Trinajstić information content (AvgIpc) is 2.10. The van der Waals surface area contributed by atoms with Crippen LogP contribution in [-0.2, 0) is 0 Å². The molecule has 0 saturated carbocycles. The molecule has 3 N–H and O–H groups in total. The van der Waals surface area contributed by atoms with Crippen molar-refractivity contribution in [3.8, 4) is 0 Å². The van der Waals surface area contributed by atoms with Crippen LogP contribution in [0, 0.1) is 0 Å². The molecule has 0 bridgehead atoms. The summed E-state index contributed by atoms with van der Waals surface area (Å²) in [6.07, 6.45) is 2.35. The Balaban J connectivity index is 3.00. The number of anilines is 2. The number of hydrogen-bond acceptors (Lipinski definition) is 4. The largest absolute Gasteiger partial charge is 0.391 e. The normalized spacial score (nSPS) is 10.0. The third-order valence-electron chi connectivity index (χ3n) is 1.79. The first-order valence-corrected chi connectivity index (χ1v) is 4.21. The number of nitrogens with two attached hydrogens (primary N) is 1. The minimum atomic E-state index is -0.284. The van der Waals surface area contributed by atoms with E-state index >= 15 is 0 Å². The Bertz CT molecular complexity index is 333. The van der Waals surface area contributed by atoms with E-state index in [0.717, 1.165) is 13.0 Å². The molecule has 5 heteroatoms. The van der Waals surface area contributed by atoms with Crippen molar-refractivity contribution < 1.29 is 0 Å². The summed E-state index contributed by atoms with van der Waals surface area (Å²) in [6, 6.07) is 0. The standard InChI is InChI=1S/C8H14N4O/c1-3-4-12(2)7-6(9)8(13)11-5-10-7/h5H,3-4,9H2,1-2H3,(H,10,11,13). The molecular weight excluding hydrogens is 168 g/mol. The lowest BCUT2D eigenvalue weighted by Crippen LogP contribution is -2.24. The van der Waals surface area contributed by atoms with Crippen LogP contribution in [-0.4, -0.2) is 23.6 Å². The summed E-state index contributed by atoms with van der Waals surface area (Å²) in [7, 11) is 1.86. The van der Waals surface area contributed by atoms with Gasteiger partial charge in [-0.15, -0.1) is 0 Å². The van der Waals surface area contributed by atoms with E-state index in [1.807, 2.05) is 11.9 Å². The summed E-state index contributed by atoms with van der Waals surface area (Å²) < 4.78 is 0. The fourth-order valence-corrected chi connectivity index (χ4v) is 1.15. The maximum atomic E-state index is 11.1. The van der Waals surface area contributed by atoms with E-state index in [-0.39, 0.29) is 11.2 Å². The fourth-order valence-electron chi connectivity index (χ4n) is 1.15. The van der Waals surface area contributed by atoms with Gasteiger partial charge in [-0.3, -0.25) is 4.79 Å². The smallest absolute Gasteiger partial charge is 0.276 e. The topological polar surface area (TPSA) is 75.0 Å². The van der Waals surface area contributed by atoms with E-state index in [1.54, 1.807) is 0 Å². The summed E-state index contributed by atoms with van der Waals surface area (Å²) in [5, 5.41) is 0. The van der Waals surface area contributed by atoms with Crippen molar-refractivity contribution >= 4 is 11.5 Å². The van der Waals surface area contributed by atoms with Gasteiger partial charge in [0.05, 0.1) is 6.33 Å². The molecule has 13 heavy (non-hydrogen) atoms. The van der Waals surface area contributed by atoms with Crippen molar-refractivity contribution in [2.75, 3.05) is 24.2 Å². The zero-order valence-corrected chi connectivity index (χ0v) is 7.87. The minimum Gasteiger partial charge on any atom is -0.391 e. The molecule has 72 valence electrons. The molecule has 0 aliphatic heterocycles. The molecule has 0 spiro atoms. The van der Waals surface area contributed by atoms with Crippen LogP contribution in [0.25, 0.3) is 0 Å². The number of aromatic amines is 1. The van der Waals surface area contributed by atoms with Crippen LogP contribution in [0.4, 0.5) is 11.5 Å². The second-order valence-corrected chi connectivity index (χ2v) is 2.89. The third kappa shape index (κ3) is 1.99. The molecule has 1 aromatic rings. The summed E-state index contributed by atoms with van der Waals surface area (Å²) in [5.74, 6) is 0.547. The molecule has 0 saturated heterocycles. The van der Waals surface area contributed by atoms with Crippen LogP contribution in [0.1, 0.15) is 13.3 Å². The lowest BCUT2D eigenvalue weighted by Gasteiger charge is -2.17. The van der Waals surface area contributed by atoms with Crippen LogP contribution in [0.3, 0.4) is 0 Å². The van der Waals surface area contributed by atoms with Crippen molar-refractivity contribution in [2.24, 2.45) is 0 Å². The van der Waals surface area contributed by atoms with Gasteiger partial charge in [-0.1, -0.05) is 6.92 Å². The number of rotatable bonds is 3. The maximum Gasteiger partial charge on any atom is 0.276 e. The predicted octanol–water partition coefficient (Wildman–Crippen LogP) is 0.198. The zero-order chi connectivity index (χ0) is 9.84. The monoisotopic (exact) mass is 182 g/mol. The molecule has 1 heterocycles. The van der Waals surface area contributed by atoms with Crippen molar-refractivity contribution in [1.29, 1.82) is 0 Å². The van der Waals surface area contributed by atoms with E-state index in [0.29, 0.717) is 5.82 Å². The molecule has 0 fully saturated rings. The van der Waals surface area contributed by atoms with E-state index < -0.39 is 0 Å². The van der Waals surface area contributed by atoms with Crippen molar-refractivity contribution in [3.05, 3.63) is 16.7 Å². The minimum absolute atomic E-state index is 0.179. The van der Waals surface area contributed by atoms with Crippen molar-refractivity contribution in [3.63, 3.8) is 0 Å². The number of nitrogens with zero attached hydrogens (tertiary/aromatic N) is 2. The van der Waals surface area contributed by atoms with Gasteiger partial charge in [0.25, 0.3) is 5.56 Å². The molecule has 0 aromatic carbocycles. The quantitative estimate of drug-likeness (QED) is 0.700. The van der Waals surface area contributed by atoms with Gasteiger partial charge in [0, 0.05) is 13.6 Å². The van der Waals surface area contributed by atoms with Gasteiger partial charge in [-0.2, -0.15) is 0 Å². The summed E-state index contributed by atoms with van der Waals surface area (Å²) in [6.45, 7) is 2.89. The maximum absolute atomic E-state index is 11.1. The number of hydrogen-bond donors (Lipinski definition) is 2. The Labute approximate surface area is 76.6 Å². The van der Waals surface area contributed by atoms with E-state index in [9.17, 15) is 4.79 Å². The predicted molar refractivity (Wildman–Crippen MR) is 52.8 cm³/mol. The second-order valence-electron chi connectivity index (χ2n) is 2.89. The number of nitrogens with one attached hydrogen (secondary N) is 1. The molecule has 0 unspecified atom stereocenters. The van der Waals surface area contributed by atoms with Crippen molar-refractivity contribution in [1.82, 2.24) is 9.97 Å². The van der Waals surface area contributed by atoms with Gasteiger partial charge in [0.2, 0.25) is 0 Å². The molecule has 0 aliphatic rings. The zero-order valence-electron chi connectivity index (χ0n) is 7.87. The highest BCUT2D eigenvalue weighted by molar-refractivity contribution is 5.60. The van der Waals surface area contributed by atoms with E-state index in [2.05, 4.69) is 16.9 Å². The molecule has 0 atom stereocenters. The molecule has 0 radical (unpaired) electrons. The van der Waals surface area contributed by atoms with Crippen LogP contribution in [0.2, 0.25) is 0 Å². The summed E-state index contributed by atoms with van der Waals surface area (Å²) in [5.41, 5.74) is 5.46. The second kappa shape index (κ2) is 3.93. The summed E-state index contributed by atoms with van der Waals surface area (Å²) in [4.78, 5) is 19.4. The first-order valence-electron chi connectivity index (χ1n) is 4.21. The molecule has 1 aromatic heterocycles. The Hall–Kier alpha value is -1.52. The van der Waals surface area contributed by atoms with Gasteiger partial charge in [-0.25, -0.2) is 4.98 Å². The highest BCUT2D eigenvalue weighted by atomic mass is 16.1. The van der Waals surface area contributed by atoms with Gasteiger partial charge in [0.1, 0.15) is 5.69 Å². The molecule has 5 nitrogen and oxygen atoms in total. The number of aromatic nitrogens is 2. The first kappa shape index (κ1) is 9.57. The van der Waals surface area contributed by atoms with Gasteiger partial charge in [0.15, 0.2) is 5.82 Å². The Morgan fingerprint density at radius 3 is 3.00 bits per heavy atom. The number of H-pyrrole nitrogens is 1.